The van der Waals surface area contributed by atoms with Gasteiger partial charge in [-0.05, 0) is 48.5 Å². The molecule has 31 heteroatoms. The minimum Gasteiger partial charge on any atom is -0.353 e. The third kappa shape index (κ3) is 13.9. The van der Waals surface area contributed by atoms with Crippen LogP contribution in [-0.2, 0) is 12.4 Å². The SMILES string of the molecule is O=[N+]([O-])c1cc(/C=N\Nc2nc(NCCN3CCN(c4nc(N/N=C\c5cc([N+](=O)[O-])c(Cl)cc5Cl)nc(Nc5cccc(C(F)(F)F)c5)n4)CC3)nc(Nc3cccc(C(F)(F)F)c3)n2)c(Cl)cc1Cl. The number of alkyl halides is 6. The number of hydrogen-bond donors (Lipinski definition) is 5. The molecule has 0 radical (unpaired) electrons. The Kier molecular flexibility index (Phi) is 16.0. The van der Waals surface area contributed by atoms with Gasteiger partial charge in [0.2, 0.25) is 35.7 Å². The van der Waals surface area contributed by atoms with Crippen molar-refractivity contribution in [1.82, 2.24) is 34.8 Å². The van der Waals surface area contributed by atoms with E-state index in [0.717, 1.165) is 48.8 Å². The molecule has 0 spiro atoms. The molecule has 1 aliphatic rings. The fraction of sp³-hybridized carbons (Fsp3) is 0.200. The van der Waals surface area contributed by atoms with Gasteiger partial charge in [0, 0.05) is 73.9 Å². The normalized spacial score (nSPS) is 13.4. The predicted octanol–water partition coefficient (Wildman–Crippen LogP) is 10.1. The van der Waals surface area contributed by atoms with Gasteiger partial charge in [-0.25, -0.2) is 10.9 Å². The summed E-state index contributed by atoms with van der Waals surface area (Å²) in [6.45, 7) is 2.25. The Hall–Kier alpha value is -7.46. The quantitative estimate of drug-likeness (QED) is 0.0246. The molecular weight excluding hydrogens is 1040 g/mol. The van der Waals surface area contributed by atoms with Gasteiger partial charge in [0.1, 0.15) is 10.0 Å². The van der Waals surface area contributed by atoms with E-state index < -0.39 is 44.7 Å². The van der Waals surface area contributed by atoms with Crippen molar-refractivity contribution in [2.45, 2.75) is 12.4 Å². The largest absolute Gasteiger partial charge is 0.416 e. The number of piperazine rings is 1. The Bertz CT molecular complexity index is 3020. The lowest BCUT2D eigenvalue weighted by Crippen LogP contribution is -2.48. The molecule has 2 aromatic heterocycles. The standard InChI is InChI=1S/C40H31Cl4F6N17O4/c41-27-17-29(43)31(66(68)69)13-21(27)19-52-62-36-57-33(56-34(58-36)54-25-5-1-3-23(15-25)39(45,46)47)51-7-8-64-9-11-65(12-10-64)38-60-35(55-26-6-2-4-24(16-26)40(48,49)50)59-37(61-38)63-53-20-22-14-32(67(70)71)30(44)18-28(22)42/h1-6,13-20H,7-12H2,(H2,55,59,60,61,63)(H3,51,54,56,57,58,62)/b52-19-,53-20-. The number of nitrogens with zero attached hydrogens (tertiary/aromatic N) is 12. The zero-order chi connectivity index (χ0) is 51.0. The summed E-state index contributed by atoms with van der Waals surface area (Å²) in [4.78, 5) is 51.2. The Labute approximate surface area is 415 Å². The molecule has 0 aliphatic carbocycles. The van der Waals surface area contributed by atoms with Crippen LogP contribution in [-0.4, -0.2) is 96.3 Å². The zero-order valence-electron chi connectivity index (χ0n) is 35.6. The number of halogens is 10. The van der Waals surface area contributed by atoms with Gasteiger partial charge in [0.05, 0.1) is 43.4 Å². The summed E-state index contributed by atoms with van der Waals surface area (Å²) in [6, 6.07) is 13.3. The lowest BCUT2D eigenvalue weighted by molar-refractivity contribution is -0.384. The molecule has 3 heterocycles. The Morgan fingerprint density at radius 1 is 0.592 bits per heavy atom. The molecule has 6 aromatic rings. The summed E-state index contributed by atoms with van der Waals surface area (Å²) in [5.74, 6) is -0.548. The van der Waals surface area contributed by atoms with E-state index in [1.165, 1.54) is 36.4 Å². The summed E-state index contributed by atoms with van der Waals surface area (Å²) in [5.41, 5.74) is 2.76. The zero-order valence-corrected chi connectivity index (χ0v) is 38.6. The summed E-state index contributed by atoms with van der Waals surface area (Å²) in [7, 11) is 0. The minimum absolute atomic E-state index is 0.00747. The van der Waals surface area contributed by atoms with Gasteiger partial charge >= 0.3 is 12.4 Å². The molecule has 0 unspecified atom stereocenters. The highest BCUT2D eigenvalue weighted by atomic mass is 35.5. The maximum Gasteiger partial charge on any atom is 0.416 e. The number of rotatable bonds is 17. The van der Waals surface area contributed by atoms with Crippen molar-refractivity contribution >= 4 is 117 Å². The summed E-state index contributed by atoms with van der Waals surface area (Å²) < 4.78 is 81.0. The molecule has 4 aromatic carbocycles. The molecule has 0 saturated carbocycles. The molecule has 0 atom stereocenters. The van der Waals surface area contributed by atoms with Gasteiger partial charge in [-0.15, -0.1) is 0 Å². The monoisotopic (exact) mass is 1070 g/mol. The highest BCUT2D eigenvalue weighted by Crippen LogP contribution is 2.34. The fourth-order valence-corrected chi connectivity index (χ4v) is 7.38. The van der Waals surface area contributed by atoms with Crippen molar-refractivity contribution in [2.24, 2.45) is 10.2 Å². The maximum atomic E-state index is 13.5. The summed E-state index contributed by atoms with van der Waals surface area (Å²) in [6.07, 6.45) is -6.95. The number of benzene rings is 4. The van der Waals surface area contributed by atoms with Gasteiger partial charge in [-0.3, -0.25) is 25.1 Å². The van der Waals surface area contributed by atoms with Gasteiger partial charge in [-0.2, -0.15) is 66.4 Å². The van der Waals surface area contributed by atoms with Crippen LogP contribution in [0.5, 0.6) is 0 Å². The van der Waals surface area contributed by atoms with Crippen LogP contribution in [0.2, 0.25) is 20.1 Å². The van der Waals surface area contributed by atoms with Gasteiger partial charge in [0.25, 0.3) is 11.4 Å². The summed E-state index contributed by atoms with van der Waals surface area (Å²) in [5, 5.41) is 39.1. The average Bonchev–Trinajstić information content (AvgIpc) is 3.30. The molecule has 21 nitrogen and oxygen atoms in total. The van der Waals surface area contributed by atoms with Crippen molar-refractivity contribution in [3.8, 4) is 0 Å². The Morgan fingerprint density at radius 2 is 1.03 bits per heavy atom. The molecule has 1 saturated heterocycles. The second kappa shape index (κ2) is 22.1. The van der Waals surface area contributed by atoms with Crippen molar-refractivity contribution in [2.75, 3.05) is 71.0 Å². The first-order valence-corrected chi connectivity index (χ1v) is 21.7. The number of anilines is 8. The van der Waals surface area contributed by atoms with Crippen molar-refractivity contribution in [1.29, 1.82) is 0 Å². The van der Waals surface area contributed by atoms with Gasteiger partial charge in [0.15, 0.2) is 0 Å². The number of aromatic nitrogens is 6. The maximum absolute atomic E-state index is 13.5. The molecule has 7 rings (SSSR count). The van der Waals surface area contributed by atoms with Gasteiger partial charge < -0.3 is 20.9 Å². The molecular formula is C40H31Cl4F6N17O4. The highest BCUT2D eigenvalue weighted by molar-refractivity contribution is 6.38. The third-order valence-corrected chi connectivity index (χ3v) is 11.0. The van der Waals surface area contributed by atoms with E-state index in [-0.39, 0.29) is 84.8 Å². The van der Waals surface area contributed by atoms with Crippen LogP contribution in [0.15, 0.2) is 83.0 Å². The molecule has 1 fully saturated rings. The number of nitrogens with one attached hydrogen (secondary N) is 5. The Balaban J connectivity index is 1.05. The molecule has 1 aliphatic heterocycles. The molecule has 370 valence electrons. The smallest absolute Gasteiger partial charge is 0.353 e. The predicted molar refractivity (Wildman–Crippen MR) is 255 cm³/mol. The lowest BCUT2D eigenvalue weighted by Gasteiger charge is -2.34. The third-order valence-electron chi connectivity index (χ3n) is 9.78. The van der Waals surface area contributed by atoms with Crippen molar-refractivity contribution in [3.05, 3.63) is 135 Å². The topological polar surface area (TPSA) is 255 Å². The van der Waals surface area contributed by atoms with Crippen LogP contribution in [0.3, 0.4) is 0 Å². The number of hydrogen-bond acceptors (Lipinski definition) is 19. The van der Waals surface area contributed by atoms with E-state index in [4.69, 9.17) is 46.4 Å². The van der Waals surface area contributed by atoms with E-state index in [0.29, 0.717) is 32.7 Å². The molecule has 0 amide bonds. The second-order valence-corrected chi connectivity index (χ2v) is 16.3. The first-order chi connectivity index (χ1) is 33.7. The van der Waals surface area contributed by atoms with E-state index in [9.17, 15) is 46.6 Å². The second-order valence-electron chi connectivity index (χ2n) is 14.7. The van der Waals surface area contributed by atoms with Crippen molar-refractivity contribution in [3.63, 3.8) is 0 Å². The van der Waals surface area contributed by atoms with Crippen molar-refractivity contribution < 1.29 is 36.2 Å². The van der Waals surface area contributed by atoms with E-state index in [1.807, 2.05) is 0 Å². The van der Waals surface area contributed by atoms with Crippen LogP contribution in [0, 0.1) is 20.2 Å². The molecule has 5 N–H and O–H groups in total. The first kappa shape index (κ1) is 51.4. The van der Waals surface area contributed by atoms with Crippen LogP contribution in [0.4, 0.5) is 84.8 Å². The fourth-order valence-electron chi connectivity index (χ4n) is 6.38. The number of nitro groups is 2. The lowest BCUT2D eigenvalue weighted by atomic mass is 10.2. The average molecular weight is 1070 g/mol. The molecule has 0 bridgehead atoms. The van der Waals surface area contributed by atoms with E-state index in [1.54, 1.807) is 4.90 Å². The summed E-state index contributed by atoms with van der Waals surface area (Å²) >= 11 is 24.3. The highest BCUT2D eigenvalue weighted by Gasteiger charge is 2.32. The van der Waals surface area contributed by atoms with Crippen LogP contribution in [0.25, 0.3) is 0 Å². The first-order valence-electron chi connectivity index (χ1n) is 20.2. The van der Waals surface area contributed by atoms with Gasteiger partial charge in [-0.1, -0.05) is 58.5 Å². The Morgan fingerprint density at radius 3 is 1.51 bits per heavy atom. The van der Waals surface area contributed by atoms with Crippen LogP contribution < -0.4 is 31.7 Å². The van der Waals surface area contributed by atoms with E-state index in [2.05, 4.69) is 71.8 Å². The van der Waals surface area contributed by atoms with E-state index >= 15 is 0 Å². The number of nitro benzene ring substituents is 2. The molecule has 71 heavy (non-hydrogen) atoms. The minimum atomic E-state index is -4.63. The van der Waals surface area contributed by atoms with Crippen LogP contribution in [0.1, 0.15) is 22.3 Å². The van der Waals surface area contributed by atoms with Crippen LogP contribution >= 0.6 is 46.4 Å². The number of hydrazone groups is 2.